The highest BCUT2D eigenvalue weighted by atomic mass is 35.5. The standard InChI is InChI=1S/C25H19ClN6O3S/c26-23-6-5-22(36-23)25(34)29-13-18-14-32(31-30-18)20-4-3-17(19-2-1-9-28-24(19)33)12-21(20)35-15-16-7-10-27-11-8-16/h1-12,14H,13,15H2,(H,28,33)(H,29,34). The number of carbonyl (C=O) groups is 1. The Morgan fingerprint density at radius 2 is 2.00 bits per heavy atom. The zero-order valence-electron chi connectivity index (χ0n) is 18.7. The Morgan fingerprint density at radius 3 is 2.78 bits per heavy atom. The van der Waals surface area contributed by atoms with Gasteiger partial charge in [-0.05, 0) is 59.7 Å². The molecule has 9 nitrogen and oxygen atoms in total. The van der Waals surface area contributed by atoms with E-state index in [1.165, 1.54) is 11.3 Å². The summed E-state index contributed by atoms with van der Waals surface area (Å²) in [5, 5.41) is 11.2. The van der Waals surface area contributed by atoms with Crippen LogP contribution in [0.2, 0.25) is 4.34 Å². The Kier molecular flexibility index (Phi) is 6.87. The predicted octanol–water partition coefficient (Wildman–Crippen LogP) is 4.24. The lowest BCUT2D eigenvalue weighted by Gasteiger charge is -2.13. The van der Waals surface area contributed by atoms with Gasteiger partial charge in [0.25, 0.3) is 11.5 Å². The van der Waals surface area contributed by atoms with E-state index >= 15 is 0 Å². The van der Waals surface area contributed by atoms with E-state index in [9.17, 15) is 9.59 Å². The van der Waals surface area contributed by atoms with Gasteiger partial charge in [0, 0.05) is 24.2 Å². The molecule has 36 heavy (non-hydrogen) atoms. The molecule has 0 fully saturated rings. The van der Waals surface area contributed by atoms with Gasteiger partial charge in [-0.1, -0.05) is 22.9 Å². The minimum Gasteiger partial charge on any atom is -0.487 e. The number of thiophene rings is 1. The molecular formula is C25H19ClN6O3S. The monoisotopic (exact) mass is 518 g/mol. The maximum absolute atomic E-state index is 12.3. The van der Waals surface area contributed by atoms with Crippen molar-refractivity contribution in [2.45, 2.75) is 13.2 Å². The smallest absolute Gasteiger partial charge is 0.261 e. The van der Waals surface area contributed by atoms with Gasteiger partial charge in [-0.15, -0.1) is 16.4 Å². The van der Waals surface area contributed by atoms with Crippen LogP contribution >= 0.6 is 22.9 Å². The molecule has 0 saturated heterocycles. The number of nitrogens with zero attached hydrogens (tertiary/aromatic N) is 4. The van der Waals surface area contributed by atoms with E-state index < -0.39 is 0 Å². The summed E-state index contributed by atoms with van der Waals surface area (Å²) in [5.41, 5.74) is 3.16. The number of aromatic amines is 1. The average Bonchev–Trinajstić information content (AvgIpc) is 3.56. The molecule has 0 unspecified atom stereocenters. The minimum atomic E-state index is -0.236. The van der Waals surface area contributed by atoms with Gasteiger partial charge < -0.3 is 15.0 Å². The van der Waals surface area contributed by atoms with E-state index in [-0.39, 0.29) is 18.0 Å². The molecule has 4 heterocycles. The number of ether oxygens (including phenoxy) is 1. The van der Waals surface area contributed by atoms with Crippen LogP contribution in [0.25, 0.3) is 16.8 Å². The maximum Gasteiger partial charge on any atom is 0.261 e. The quantitative estimate of drug-likeness (QED) is 0.317. The third-order valence-corrected chi connectivity index (χ3v) is 6.48. The van der Waals surface area contributed by atoms with Crippen molar-refractivity contribution in [3.05, 3.63) is 110 Å². The van der Waals surface area contributed by atoms with Gasteiger partial charge >= 0.3 is 0 Å². The molecule has 5 rings (SSSR count). The molecule has 4 aromatic heterocycles. The van der Waals surface area contributed by atoms with Gasteiger partial charge in [0.05, 0.1) is 22.0 Å². The Hall–Kier alpha value is -4.28. The van der Waals surface area contributed by atoms with Crippen LogP contribution in [-0.4, -0.2) is 30.9 Å². The Balaban J connectivity index is 1.40. The molecule has 0 atom stereocenters. The largest absolute Gasteiger partial charge is 0.487 e. The van der Waals surface area contributed by atoms with Gasteiger partial charge in [0.2, 0.25) is 0 Å². The van der Waals surface area contributed by atoms with Gasteiger partial charge in [0.15, 0.2) is 0 Å². The van der Waals surface area contributed by atoms with Crippen molar-refractivity contribution in [2.75, 3.05) is 0 Å². The van der Waals surface area contributed by atoms with Crippen molar-refractivity contribution >= 4 is 28.8 Å². The van der Waals surface area contributed by atoms with Crippen molar-refractivity contribution < 1.29 is 9.53 Å². The van der Waals surface area contributed by atoms with Crippen molar-refractivity contribution in [2.24, 2.45) is 0 Å². The third-order valence-electron chi connectivity index (χ3n) is 5.25. The summed E-state index contributed by atoms with van der Waals surface area (Å²) in [6.45, 7) is 0.490. The number of nitrogens with one attached hydrogen (secondary N) is 2. The zero-order chi connectivity index (χ0) is 24.9. The highest BCUT2D eigenvalue weighted by molar-refractivity contribution is 7.17. The van der Waals surface area contributed by atoms with Crippen LogP contribution < -0.4 is 15.6 Å². The highest BCUT2D eigenvalue weighted by Gasteiger charge is 2.14. The van der Waals surface area contributed by atoms with E-state index in [2.05, 4.69) is 25.6 Å². The number of aromatic nitrogens is 5. The molecule has 2 N–H and O–H groups in total. The number of hydrogen-bond acceptors (Lipinski definition) is 7. The van der Waals surface area contributed by atoms with E-state index in [0.717, 1.165) is 5.56 Å². The number of benzene rings is 1. The first-order valence-corrected chi connectivity index (χ1v) is 12.1. The molecule has 0 aliphatic carbocycles. The van der Waals surface area contributed by atoms with E-state index in [1.54, 1.807) is 59.8 Å². The molecule has 5 aromatic rings. The van der Waals surface area contributed by atoms with E-state index in [4.69, 9.17) is 16.3 Å². The lowest BCUT2D eigenvalue weighted by Crippen LogP contribution is -2.21. The summed E-state index contributed by atoms with van der Waals surface area (Å²) in [4.78, 5) is 31.9. The number of carbonyl (C=O) groups excluding carboxylic acids is 1. The fourth-order valence-corrected chi connectivity index (χ4v) is 4.43. The normalized spacial score (nSPS) is 10.8. The average molecular weight is 519 g/mol. The predicted molar refractivity (Wildman–Crippen MR) is 136 cm³/mol. The first-order valence-electron chi connectivity index (χ1n) is 10.9. The summed E-state index contributed by atoms with van der Waals surface area (Å²) in [7, 11) is 0. The van der Waals surface area contributed by atoms with Crippen LogP contribution in [0.4, 0.5) is 0 Å². The zero-order valence-corrected chi connectivity index (χ0v) is 20.3. The Bertz CT molecular complexity index is 1560. The second-order valence-electron chi connectivity index (χ2n) is 7.68. The molecule has 11 heteroatoms. The molecule has 1 amide bonds. The number of amides is 1. The molecule has 0 aliphatic rings. The Morgan fingerprint density at radius 1 is 1.14 bits per heavy atom. The van der Waals surface area contributed by atoms with Crippen LogP contribution in [0.15, 0.2) is 84.2 Å². The lowest BCUT2D eigenvalue weighted by atomic mass is 10.1. The minimum absolute atomic E-state index is 0.193. The van der Waals surface area contributed by atoms with Gasteiger partial charge in [0.1, 0.15) is 23.7 Å². The maximum atomic E-state index is 12.3. The van der Waals surface area contributed by atoms with E-state index in [0.29, 0.717) is 44.1 Å². The third kappa shape index (κ3) is 5.35. The van der Waals surface area contributed by atoms with Gasteiger partial charge in [-0.3, -0.25) is 14.6 Å². The molecule has 1 aromatic carbocycles. The highest BCUT2D eigenvalue weighted by Crippen LogP contribution is 2.29. The number of hydrogen-bond donors (Lipinski definition) is 2. The molecular weight excluding hydrogens is 500 g/mol. The molecule has 0 radical (unpaired) electrons. The number of rotatable bonds is 8. The van der Waals surface area contributed by atoms with Crippen molar-refractivity contribution in [1.82, 2.24) is 30.3 Å². The molecule has 0 saturated carbocycles. The topological polar surface area (TPSA) is 115 Å². The van der Waals surface area contributed by atoms with E-state index in [1.807, 2.05) is 24.3 Å². The summed E-state index contributed by atoms with van der Waals surface area (Å²) in [6, 6.07) is 16.0. The molecule has 180 valence electrons. The first kappa shape index (κ1) is 23.5. The van der Waals surface area contributed by atoms with Crippen molar-refractivity contribution in [3.63, 3.8) is 0 Å². The summed E-state index contributed by atoms with van der Waals surface area (Å²) in [5.74, 6) is 0.279. The fraction of sp³-hybridized carbons (Fsp3) is 0.0800. The Labute approximate surface area is 214 Å². The second-order valence-corrected chi connectivity index (χ2v) is 9.40. The van der Waals surface area contributed by atoms with Crippen molar-refractivity contribution in [1.29, 1.82) is 0 Å². The summed E-state index contributed by atoms with van der Waals surface area (Å²) < 4.78 is 8.26. The van der Waals surface area contributed by atoms with Crippen LogP contribution in [0.5, 0.6) is 5.75 Å². The lowest BCUT2D eigenvalue weighted by molar-refractivity contribution is 0.0954. The van der Waals surface area contributed by atoms with Gasteiger partial charge in [-0.2, -0.15) is 0 Å². The van der Waals surface area contributed by atoms with Crippen LogP contribution in [0, 0.1) is 0 Å². The van der Waals surface area contributed by atoms with Crippen LogP contribution in [0.3, 0.4) is 0 Å². The summed E-state index contributed by atoms with van der Waals surface area (Å²) >= 11 is 7.12. The fourth-order valence-electron chi connectivity index (χ4n) is 3.47. The number of H-pyrrole nitrogens is 1. The van der Waals surface area contributed by atoms with Crippen molar-refractivity contribution in [3.8, 4) is 22.6 Å². The van der Waals surface area contributed by atoms with Gasteiger partial charge in [-0.25, -0.2) is 4.68 Å². The number of halogens is 1. The molecule has 0 aliphatic heterocycles. The van der Waals surface area contributed by atoms with Crippen LogP contribution in [-0.2, 0) is 13.2 Å². The first-order chi connectivity index (χ1) is 17.6. The number of pyridine rings is 2. The molecule has 0 spiro atoms. The summed E-state index contributed by atoms with van der Waals surface area (Å²) in [6.07, 6.45) is 6.69. The SMILES string of the molecule is O=C(NCc1cn(-c2ccc(-c3ccc[nH]c3=O)cc2OCc2ccncc2)nn1)c1ccc(Cl)s1. The van der Waals surface area contributed by atoms with Crippen LogP contribution in [0.1, 0.15) is 20.9 Å². The molecule has 0 bridgehead atoms. The second kappa shape index (κ2) is 10.5.